The maximum absolute atomic E-state index is 11.9. The minimum absolute atomic E-state index is 0.120. The van der Waals surface area contributed by atoms with Gasteiger partial charge in [0, 0.05) is 11.5 Å². The molecule has 2 atom stereocenters. The molecule has 0 aromatic heterocycles. The highest BCUT2D eigenvalue weighted by atomic mass is 16.6. The molecule has 1 fully saturated rings. The van der Waals surface area contributed by atoms with E-state index in [4.69, 9.17) is 9.47 Å². The van der Waals surface area contributed by atoms with Crippen LogP contribution in [0.2, 0.25) is 0 Å². The van der Waals surface area contributed by atoms with Crippen molar-refractivity contribution in [2.24, 2.45) is 5.92 Å². The maximum atomic E-state index is 11.9. The minimum Gasteiger partial charge on any atom is -0.467 e. The number of methoxy groups -OCH3 is 1. The SMILES string of the molecule is COC(=O)[C@H](CC1CC(C)(C)NC1=O)NC(=O)OC(C)(C)C. The molecule has 2 amide bonds. The summed E-state index contributed by atoms with van der Waals surface area (Å²) in [6.07, 6.45) is 0.0665. The first-order valence-corrected chi connectivity index (χ1v) is 7.33. The fraction of sp³-hybridized carbons (Fsp3) is 0.800. The summed E-state index contributed by atoms with van der Waals surface area (Å²) >= 11 is 0. The first-order valence-electron chi connectivity index (χ1n) is 7.33. The lowest BCUT2D eigenvalue weighted by Gasteiger charge is -2.23. The Bertz CT molecular complexity index is 453. The van der Waals surface area contributed by atoms with Gasteiger partial charge in [0.1, 0.15) is 11.6 Å². The Hall–Kier alpha value is -1.79. The van der Waals surface area contributed by atoms with Gasteiger partial charge >= 0.3 is 12.1 Å². The molecule has 1 unspecified atom stereocenters. The van der Waals surface area contributed by atoms with Crippen LogP contribution in [0.25, 0.3) is 0 Å². The molecule has 1 aliphatic heterocycles. The zero-order chi connectivity index (χ0) is 17.1. The highest BCUT2D eigenvalue weighted by molar-refractivity contribution is 5.85. The van der Waals surface area contributed by atoms with Crippen LogP contribution in [0.15, 0.2) is 0 Å². The molecule has 126 valence electrons. The molecule has 0 aromatic carbocycles. The fourth-order valence-corrected chi connectivity index (χ4v) is 2.48. The molecule has 0 spiro atoms. The van der Waals surface area contributed by atoms with Crippen LogP contribution in [-0.2, 0) is 19.1 Å². The van der Waals surface area contributed by atoms with Gasteiger partial charge in [-0.3, -0.25) is 4.79 Å². The number of ether oxygens (including phenoxy) is 2. The van der Waals surface area contributed by atoms with Crippen LogP contribution in [0.3, 0.4) is 0 Å². The number of amides is 2. The number of hydrogen-bond donors (Lipinski definition) is 2. The van der Waals surface area contributed by atoms with Gasteiger partial charge in [0.2, 0.25) is 5.91 Å². The average Bonchev–Trinajstić information content (AvgIpc) is 2.58. The van der Waals surface area contributed by atoms with Gasteiger partial charge in [-0.05, 0) is 47.5 Å². The van der Waals surface area contributed by atoms with Gasteiger partial charge in [0.05, 0.1) is 7.11 Å². The summed E-state index contributed by atoms with van der Waals surface area (Å²) in [6, 6.07) is -0.913. The number of alkyl carbamates (subject to hydrolysis) is 1. The van der Waals surface area contributed by atoms with E-state index in [-0.39, 0.29) is 23.8 Å². The third-order valence-electron chi connectivity index (χ3n) is 3.29. The number of nitrogens with one attached hydrogen (secondary N) is 2. The molecule has 22 heavy (non-hydrogen) atoms. The summed E-state index contributed by atoms with van der Waals surface area (Å²) in [5, 5.41) is 5.35. The van der Waals surface area contributed by atoms with Gasteiger partial charge in [-0.2, -0.15) is 0 Å². The molecule has 1 rings (SSSR count). The molecular formula is C15H26N2O5. The zero-order valence-electron chi connectivity index (χ0n) is 14.1. The van der Waals surface area contributed by atoms with E-state index in [9.17, 15) is 14.4 Å². The second-order valence-corrected chi connectivity index (χ2v) is 7.23. The third kappa shape index (κ3) is 5.54. The number of carbonyl (C=O) groups is 3. The van der Waals surface area contributed by atoms with E-state index >= 15 is 0 Å². The topological polar surface area (TPSA) is 93.7 Å². The summed E-state index contributed by atoms with van der Waals surface area (Å²) < 4.78 is 9.84. The summed E-state index contributed by atoms with van der Waals surface area (Å²) in [5.74, 6) is -1.07. The van der Waals surface area contributed by atoms with Crippen molar-refractivity contribution < 1.29 is 23.9 Å². The standard InChI is InChI=1S/C15H26N2O5/c1-14(2,3)22-13(20)16-10(12(19)21-6)7-9-8-15(4,5)17-11(9)18/h9-10H,7-8H2,1-6H3,(H,16,20)(H,17,18)/t9?,10-/m0/s1. The number of esters is 1. The maximum Gasteiger partial charge on any atom is 0.408 e. The molecule has 0 saturated carbocycles. The van der Waals surface area contributed by atoms with Crippen molar-refractivity contribution in [3.05, 3.63) is 0 Å². The molecular weight excluding hydrogens is 288 g/mol. The second kappa shape index (κ2) is 6.54. The molecule has 0 bridgehead atoms. The van der Waals surface area contributed by atoms with E-state index in [1.165, 1.54) is 7.11 Å². The smallest absolute Gasteiger partial charge is 0.408 e. The predicted octanol–water partition coefficient (Wildman–Crippen LogP) is 1.36. The monoisotopic (exact) mass is 314 g/mol. The largest absolute Gasteiger partial charge is 0.467 e. The van der Waals surface area contributed by atoms with E-state index in [0.717, 1.165) is 0 Å². The van der Waals surface area contributed by atoms with Crippen molar-refractivity contribution in [1.29, 1.82) is 0 Å². The highest BCUT2D eigenvalue weighted by Gasteiger charge is 2.40. The van der Waals surface area contributed by atoms with Gasteiger partial charge in [-0.15, -0.1) is 0 Å². The van der Waals surface area contributed by atoms with Crippen LogP contribution >= 0.6 is 0 Å². The van der Waals surface area contributed by atoms with Gasteiger partial charge in [0.15, 0.2) is 0 Å². The lowest BCUT2D eigenvalue weighted by Crippen LogP contribution is -2.45. The summed E-state index contributed by atoms with van der Waals surface area (Å²) in [5.41, 5.74) is -0.980. The molecule has 7 heteroatoms. The van der Waals surface area contributed by atoms with Crippen molar-refractivity contribution in [3.8, 4) is 0 Å². The molecule has 1 heterocycles. The van der Waals surface area contributed by atoms with Gasteiger partial charge in [-0.25, -0.2) is 9.59 Å². The Morgan fingerprint density at radius 2 is 2.00 bits per heavy atom. The predicted molar refractivity (Wildman–Crippen MR) is 80.1 cm³/mol. The van der Waals surface area contributed by atoms with Crippen molar-refractivity contribution in [2.45, 2.75) is 64.6 Å². The van der Waals surface area contributed by atoms with Crippen LogP contribution in [-0.4, -0.2) is 42.3 Å². The van der Waals surface area contributed by atoms with Crippen molar-refractivity contribution in [1.82, 2.24) is 10.6 Å². The molecule has 0 aromatic rings. The summed E-state index contributed by atoms with van der Waals surface area (Å²) in [4.78, 5) is 35.6. The third-order valence-corrected chi connectivity index (χ3v) is 3.29. The lowest BCUT2D eigenvalue weighted by molar-refractivity contribution is -0.143. The van der Waals surface area contributed by atoms with E-state index in [2.05, 4.69) is 10.6 Å². The minimum atomic E-state index is -0.913. The van der Waals surface area contributed by atoms with E-state index < -0.39 is 23.7 Å². The Morgan fingerprint density at radius 1 is 1.41 bits per heavy atom. The van der Waals surface area contributed by atoms with Crippen LogP contribution in [0.1, 0.15) is 47.5 Å². The van der Waals surface area contributed by atoms with Crippen LogP contribution < -0.4 is 10.6 Å². The van der Waals surface area contributed by atoms with Gasteiger partial charge in [-0.1, -0.05) is 0 Å². The normalized spacial score (nSPS) is 21.7. The molecule has 1 saturated heterocycles. The van der Waals surface area contributed by atoms with E-state index in [0.29, 0.717) is 6.42 Å². The average molecular weight is 314 g/mol. The first-order chi connectivity index (χ1) is 9.93. The molecule has 1 aliphatic rings. The van der Waals surface area contributed by atoms with Crippen LogP contribution in [0.5, 0.6) is 0 Å². The Morgan fingerprint density at radius 3 is 2.41 bits per heavy atom. The fourth-order valence-electron chi connectivity index (χ4n) is 2.48. The molecule has 7 nitrogen and oxygen atoms in total. The summed E-state index contributed by atoms with van der Waals surface area (Å²) in [6.45, 7) is 9.02. The highest BCUT2D eigenvalue weighted by Crippen LogP contribution is 2.28. The van der Waals surface area contributed by atoms with Crippen LogP contribution in [0.4, 0.5) is 4.79 Å². The number of hydrogen-bond acceptors (Lipinski definition) is 5. The lowest BCUT2D eigenvalue weighted by atomic mass is 9.91. The van der Waals surface area contributed by atoms with Crippen molar-refractivity contribution in [2.75, 3.05) is 7.11 Å². The quantitative estimate of drug-likeness (QED) is 0.764. The molecule has 2 N–H and O–H groups in total. The second-order valence-electron chi connectivity index (χ2n) is 7.23. The number of carbonyl (C=O) groups excluding carboxylic acids is 3. The van der Waals surface area contributed by atoms with Crippen molar-refractivity contribution in [3.63, 3.8) is 0 Å². The van der Waals surface area contributed by atoms with E-state index in [1.54, 1.807) is 20.8 Å². The molecule has 0 aliphatic carbocycles. The van der Waals surface area contributed by atoms with Crippen molar-refractivity contribution >= 4 is 18.0 Å². The number of rotatable bonds is 4. The Labute approximate surface area is 131 Å². The first kappa shape index (κ1) is 18.3. The molecule has 0 radical (unpaired) electrons. The summed E-state index contributed by atoms with van der Waals surface area (Å²) in [7, 11) is 1.24. The van der Waals surface area contributed by atoms with Crippen LogP contribution in [0, 0.1) is 5.92 Å². The van der Waals surface area contributed by atoms with Gasteiger partial charge < -0.3 is 20.1 Å². The Balaban J connectivity index is 2.72. The van der Waals surface area contributed by atoms with E-state index in [1.807, 2.05) is 13.8 Å². The van der Waals surface area contributed by atoms with Gasteiger partial charge in [0.25, 0.3) is 0 Å². The zero-order valence-corrected chi connectivity index (χ0v) is 14.1. The Kier molecular flexibility index (Phi) is 5.43.